The van der Waals surface area contributed by atoms with Crippen LogP contribution in [0.2, 0.25) is 0 Å². The van der Waals surface area contributed by atoms with Gasteiger partial charge >= 0.3 is 17.9 Å². The molecule has 0 aliphatic rings. The highest BCUT2D eigenvalue weighted by Gasteiger charge is 2.25. The van der Waals surface area contributed by atoms with Crippen LogP contribution in [-0.4, -0.2) is 87.4 Å². The number of rotatable bonds is 55. The predicted octanol–water partition coefficient (Wildman–Crippen LogP) is 17.1. The van der Waals surface area contributed by atoms with Gasteiger partial charge in [-0.05, 0) is 44.9 Å². The summed E-state index contributed by atoms with van der Waals surface area (Å²) in [6.07, 6.45) is 58.9. The molecule has 0 aromatic rings. The summed E-state index contributed by atoms with van der Waals surface area (Å²) < 4.78 is 22.7. The second kappa shape index (κ2) is 52.1. The van der Waals surface area contributed by atoms with Gasteiger partial charge in [0.2, 0.25) is 0 Å². The number of quaternary nitrogens is 1. The molecule has 0 fully saturated rings. The Kier molecular flexibility index (Phi) is 50.4. The molecule has 0 saturated heterocycles. The van der Waals surface area contributed by atoms with Gasteiger partial charge in [-0.2, -0.15) is 0 Å². The lowest BCUT2D eigenvalue weighted by Crippen LogP contribution is -2.40. The van der Waals surface area contributed by atoms with Crippen LogP contribution in [0.1, 0.15) is 284 Å². The van der Waals surface area contributed by atoms with Crippen LogP contribution in [0.15, 0.2) is 24.3 Å². The van der Waals surface area contributed by atoms with E-state index in [0.29, 0.717) is 17.4 Å². The SMILES string of the molecule is CCCCCCC/C=C\C/C=C\CCCCCCCCCCCCCCCCCCCCCCCCCCCC(=O)OC(COC(=O)CCCCCCCCC)COC(OCC[N+](C)(C)C)C(=O)O. The molecule has 1 N–H and O–H groups in total. The average molecular weight is 978 g/mol. The van der Waals surface area contributed by atoms with Crippen LogP contribution in [0.25, 0.3) is 0 Å². The summed E-state index contributed by atoms with van der Waals surface area (Å²) >= 11 is 0. The van der Waals surface area contributed by atoms with Gasteiger partial charge < -0.3 is 28.5 Å². The van der Waals surface area contributed by atoms with E-state index in [4.69, 9.17) is 18.9 Å². The van der Waals surface area contributed by atoms with E-state index >= 15 is 0 Å². The minimum atomic E-state index is -1.50. The summed E-state index contributed by atoms with van der Waals surface area (Å²) in [4.78, 5) is 37.1. The number of nitrogens with zero attached hydrogens (tertiary/aromatic N) is 1. The Labute approximate surface area is 427 Å². The minimum absolute atomic E-state index is 0.176. The highest BCUT2D eigenvalue weighted by Crippen LogP contribution is 2.17. The predicted molar refractivity (Wildman–Crippen MR) is 291 cm³/mol. The maximum Gasteiger partial charge on any atom is 0.361 e. The van der Waals surface area contributed by atoms with Gasteiger partial charge in [0.05, 0.1) is 34.4 Å². The lowest BCUT2D eigenvalue weighted by atomic mass is 10.0. The van der Waals surface area contributed by atoms with Crippen LogP contribution in [0, 0.1) is 0 Å². The van der Waals surface area contributed by atoms with Gasteiger partial charge in [-0.25, -0.2) is 4.79 Å². The fourth-order valence-corrected chi connectivity index (χ4v) is 8.63. The summed E-state index contributed by atoms with van der Waals surface area (Å²) in [5.74, 6) is -2.00. The molecule has 0 bridgehead atoms. The fraction of sp³-hybridized carbons (Fsp3) is 0.883. The van der Waals surface area contributed by atoms with E-state index in [2.05, 4.69) is 38.2 Å². The van der Waals surface area contributed by atoms with E-state index in [1.807, 2.05) is 21.1 Å². The maximum absolute atomic E-state index is 12.8. The van der Waals surface area contributed by atoms with Crippen LogP contribution in [-0.2, 0) is 33.3 Å². The van der Waals surface area contributed by atoms with Crippen molar-refractivity contribution in [2.75, 3.05) is 47.5 Å². The number of likely N-dealkylation sites (N-methyl/N-ethyl adjacent to an activating group) is 1. The van der Waals surface area contributed by atoms with E-state index in [9.17, 15) is 19.5 Å². The first kappa shape index (κ1) is 66.8. The molecular formula is C60H114NO8+. The molecule has 0 aliphatic heterocycles. The molecule has 0 aliphatic carbocycles. The monoisotopic (exact) mass is 977 g/mol. The number of esters is 2. The molecule has 0 saturated carbocycles. The number of aliphatic carboxylic acids is 1. The largest absolute Gasteiger partial charge is 0.477 e. The van der Waals surface area contributed by atoms with Crippen molar-refractivity contribution in [3.8, 4) is 0 Å². The van der Waals surface area contributed by atoms with Crippen molar-refractivity contribution in [1.29, 1.82) is 0 Å². The second-order valence-electron chi connectivity index (χ2n) is 21.3. The summed E-state index contributed by atoms with van der Waals surface area (Å²) in [7, 11) is 5.96. The zero-order valence-corrected chi connectivity index (χ0v) is 46.2. The Morgan fingerprint density at radius 1 is 0.435 bits per heavy atom. The van der Waals surface area contributed by atoms with Crippen LogP contribution in [0.4, 0.5) is 0 Å². The van der Waals surface area contributed by atoms with Crippen molar-refractivity contribution in [2.45, 2.75) is 296 Å². The highest BCUT2D eigenvalue weighted by atomic mass is 16.7. The Hall–Kier alpha value is -2.23. The van der Waals surface area contributed by atoms with Crippen molar-refractivity contribution in [1.82, 2.24) is 0 Å². The molecule has 0 spiro atoms. The fourth-order valence-electron chi connectivity index (χ4n) is 8.63. The van der Waals surface area contributed by atoms with E-state index in [1.165, 1.54) is 212 Å². The van der Waals surface area contributed by atoms with Gasteiger partial charge in [0.1, 0.15) is 13.2 Å². The zero-order valence-electron chi connectivity index (χ0n) is 46.2. The van der Waals surface area contributed by atoms with Crippen molar-refractivity contribution in [3.05, 3.63) is 24.3 Å². The van der Waals surface area contributed by atoms with Gasteiger partial charge in [-0.3, -0.25) is 9.59 Å². The summed E-state index contributed by atoms with van der Waals surface area (Å²) in [6.45, 7) is 4.85. The molecule has 0 heterocycles. The van der Waals surface area contributed by atoms with Crippen LogP contribution in [0.5, 0.6) is 0 Å². The van der Waals surface area contributed by atoms with Crippen LogP contribution < -0.4 is 0 Å². The number of hydrogen-bond acceptors (Lipinski definition) is 7. The molecule has 406 valence electrons. The van der Waals surface area contributed by atoms with E-state index in [1.54, 1.807) is 0 Å². The Balaban J connectivity index is 3.84. The Morgan fingerprint density at radius 3 is 1.14 bits per heavy atom. The van der Waals surface area contributed by atoms with Crippen molar-refractivity contribution >= 4 is 17.9 Å². The van der Waals surface area contributed by atoms with Gasteiger partial charge in [-0.15, -0.1) is 0 Å². The summed E-state index contributed by atoms with van der Waals surface area (Å²) in [5.41, 5.74) is 0. The number of allylic oxidation sites excluding steroid dienone is 4. The third kappa shape index (κ3) is 53.4. The molecule has 0 aromatic heterocycles. The quantitative estimate of drug-likeness (QED) is 0.0211. The van der Waals surface area contributed by atoms with Crippen molar-refractivity contribution in [2.24, 2.45) is 0 Å². The number of carbonyl (C=O) groups is 3. The molecule has 0 radical (unpaired) electrons. The number of carboxylic acid groups (broad SMARTS) is 1. The summed E-state index contributed by atoms with van der Waals surface area (Å²) in [5, 5.41) is 9.64. The first-order valence-corrected chi connectivity index (χ1v) is 29.5. The third-order valence-electron chi connectivity index (χ3n) is 13.2. The number of carboxylic acids is 1. The van der Waals surface area contributed by atoms with E-state index in [0.717, 1.165) is 44.9 Å². The first-order chi connectivity index (χ1) is 33.6. The second-order valence-corrected chi connectivity index (χ2v) is 21.3. The molecule has 9 heteroatoms. The van der Waals surface area contributed by atoms with Gasteiger partial charge in [0.25, 0.3) is 6.29 Å². The topological polar surface area (TPSA) is 108 Å². The zero-order chi connectivity index (χ0) is 50.6. The number of carbonyl (C=O) groups excluding carboxylic acids is 2. The highest BCUT2D eigenvalue weighted by molar-refractivity contribution is 5.71. The Bertz CT molecular complexity index is 1180. The van der Waals surface area contributed by atoms with Gasteiger partial charge in [-0.1, -0.05) is 250 Å². The van der Waals surface area contributed by atoms with Crippen LogP contribution in [0.3, 0.4) is 0 Å². The Morgan fingerprint density at radius 2 is 0.783 bits per heavy atom. The molecule has 2 unspecified atom stereocenters. The molecule has 0 aromatic carbocycles. The van der Waals surface area contributed by atoms with E-state index in [-0.39, 0.29) is 32.2 Å². The van der Waals surface area contributed by atoms with Crippen LogP contribution >= 0.6 is 0 Å². The number of unbranched alkanes of at least 4 members (excludes halogenated alkanes) is 36. The standard InChI is InChI=1S/C60H113NO8/c1-6-8-10-12-14-15-16-17-18-19-20-21-22-23-24-25-26-27-28-29-30-31-32-33-34-35-36-37-38-39-40-41-42-43-45-47-49-51-58(63)69-56(54-67-57(62)50-48-46-44-13-11-9-7-2)55-68-60(59(64)65)66-53-52-61(3,4)5/h16-17,19-20,56,60H,6-15,18,21-55H2,1-5H3/p+1/b17-16-,20-19-. The van der Waals surface area contributed by atoms with Gasteiger partial charge in [0.15, 0.2) is 6.10 Å². The van der Waals surface area contributed by atoms with Gasteiger partial charge in [0, 0.05) is 12.8 Å². The normalized spacial score (nSPS) is 12.9. The number of ether oxygens (including phenoxy) is 4. The molecule has 69 heavy (non-hydrogen) atoms. The number of hydrogen-bond donors (Lipinski definition) is 1. The molecule has 9 nitrogen and oxygen atoms in total. The smallest absolute Gasteiger partial charge is 0.361 e. The van der Waals surface area contributed by atoms with E-state index < -0.39 is 24.3 Å². The summed E-state index contributed by atoms with van der Waals surface area (Å²) in [6, 6.07) is 0. The molecular weight excluding hydrogens is 863 g/mol. The minimum Gasteiger partial charge on any atom is -0.477 e. The maximum atomic E-state index is 12.8. The third-order valence-corrected chi connectivity index (χ3v) is 13.2. The van der Waals surface area contributed by atoms with Crippen molar-refractivity contribution in [3.63, 3.8) is 0 Å². The molecule has 0 rings (SSSR count). The molecule has 0 amide bonds. The molecule has 2 atom stereocenters. The van der Waals surface area contributed by atoms with Crippen molar-refractivity contribution < 1.29 is 42.9 Å². The average Bonchev–Trinajstić information content (AvgIpc) is 3.31. The lowest BCUT2D eigenvalue weighted by Gasteiger charge is -2.25. The lowest BCUT2D eigenvalue weighted by molar-refractivity contribution is -0.870. The first-order valence-electron chi connectivity index (χ1n) is 29.5.